The molecule has 0 fully saturated rings. The van der Waals surface area contributed by atoms with E-state index in [1.54, 1.807) is 0 Å². The molecule has 0 amide bonds. The third-order valence-electron chi connectivity index (χ3n) is 0.401. The Balaban J connectivity index is -0.000000173. The number of nitrogens with zero attached hydrogens (tertiary/aromatic N) is 1. The Morgan fingerprint density at radius 2 is 1.69 bits per heavy atom. The number of aliphatic carboxylic acids is 2. The van der Waals surface area contributed by atoms with Crippen molar-refractivity contribution in [3.05, 3.63) is 0 Å². The molecule has 0 aromatic rings. The molecule has 6 nitrogen and oxygen atoms in total. The third kappa shape index (κ3) is 50.7. The van der Waals surface area contributed by atoms with E-state index in [-0.39, 0.29) is 29.6 Å². The molecule has 0 aromatic heterocycles. The topological polar surface area (TPSA) is 107 Å². The first-order valence-electron chi connectivity index (χ1n) is 3.00. The molecule has 13 heavy (non-hydrogen) atoms. The minimum absolute atomic E-state index is 0. The first kappa shape index (κ1) is 18.4. The van der Waals surface area contributed by atoms with Crippen molar-refractivity contribution in [2.24, 2.45) is 4.99 Å². The molecule has 0 saturated heterocycles. The molecule has 0 rings (SSSR count). The van der Waals surface area contributed by atoms with Crippen LogP contribution in [0.4, 0.5) is 0 Å². The summed E-state index contributed by atoms with van der Waals surface area (Å²) in [5.41, 5.74) is 0. The van der Waals surface area contributed by atoms with Crippen molar-refractivity contribution < 1.29 is 24.9 Å². The average Bonchev–Trinajstić information content (AvgIpc) is 1.82. The van der Waals surface area contributed by atoms with Crippen LogP contribution in [-0.2, 0) is 9.59 Å². The van der Waals surface area contributed by atoms with Gasteiger partial charge in [0.25, 0.3) is 5.97 Å². The molecule has 7 heteroatoms. The van der Waals surface area contributed by atoms with Crippen molar-refractivity contribution in [2.75, 3.05) is 0 Å². The third-order valence-corrected chi connectivity index (χ3v) is 0.401. The molecule has 0 aliphatic carbocycles. The molecule has 0 aromatic carbocycles. The monoisotopic (exact) mass is 201 g/mol. The van der Waals surface area contributed by atoms with E-state index in [1.165, 1.54) is 6.92 Å². The molecular formula is C6H12NNaO5. The summed E-state index contributed by atoms with van der Waals surface area (Å²) in [6.45, 7) is 2.46. The summed E-state index contributed by atoms with van der Waals surface area (Å²) in [5.74, 6) is -1.98. The van der Waals surface area contributed by atoms with E-state index in [2.05, 4.69) is 4.99 Å². The number of hydrogen-bond acceptors (Lipinski definition) is 4. The van der Waals surface area contributed by atoms with E-state index in [0.29, 0.717) is 6.21 Å². The number of carboxylic acid groups (broad SMARTS) is 2. The Kier molecular flexibility index (Phi) is 16.4. The number of carbonyl (C=O) groups is 2. The standard InChI is InChI=1S/C4H7NO3.C2H4O2.Na.H/c1-3(6)5-2-4(7)8;1-2(3)4;;/h2-3,6H,1H3,(H,7,8);1H3,(H,3,4);;. The second-order valence-corrected chi connectivity index (χ2v) is 1.77. The van der Waals surface area contributed by atoms with E-state index >= 15 is 0 Å². The van der Waals surface area contributed by atoms with Crippen LogP contribution in [0.3, 0.4) is 0 Å². The van der Waals surface area contributed by atoms with Crippen molar-refractivity contribution >= 4 is 47.7 Å². The Bertz CT molecular complexity index is 176. The van der Waals surface area contributed by atoms with Crippen LogP contribution in [-0.4, -0.2) is 69.3 Å². The summed E-state index contributed by atoms with van der Waals surface area (Å²) < 4.78 is 0. The van der Waals surface area contributed by atoms with Crippen LogP contribution in [0.15, 0.2) is 4.99 Å². The first-order valence-corrected chi connectivity index (χ1v) is 3.00. The van der Waals surface area contributed by atoms with Gasteiger partial charge in [0, 0.05) is 6.92 Å². The molecule has 0 saturated carbocycles. The molecule has 0 spiro atoms. The van der Waals surface area contributed by atoms with Gasteiger partial charge in [-0.3, -0.25) is 9.79 Å². The zero-order valence-corrected chi connectivity index (χ0v) is 6.76. The second-order valence-electron chi connectivity index (χ2n) is 1.77. The molecule has 72 valence electrons. The fourth-order valence-electron chi connectivity index (χ4n) is 0.172. The summed E-state index contributed by atoms with van der Waals surface area (Å²) in [4.78, 5) is 21.8. The number of aliphatic imine (C=N–C) groups is 1. The Morgan fingerprint density at radius 1 is 1.38 bits per heavy atom. The second kappa shape index (κ2) is 11.6. The summed E-state index contributed by atoms with van der Waals surface area (Å²) in [5, 5.41) is 23.7. The maximum atomic E-state index is 9.64. The van der Waals surface area contributed by atoms with E-state index in [1.807, 2.05) is 0 Å². The predicted octanol–water partition coefficient (Wildman–Crippen LogP) is -1.08. The van der Waals surface area contributed by atoms with Crippen LogP contribution in [0.1, 0.15) is 13.8 Å². The normalized spacial score (nSPS) is 10.7. The molecule has 0 heterocycles. The van der Waals surface area contributed by atoms with E-state index in [9.17, 15) is 4.79 Å². The van der Waals surface area contributed by atoms with Gasteiger partial charge in [0.2, 0.25) is 0 Å². The number of hydrogen-bond donors (Lipinski definition) is 3. The van der Waals surface area contributed by atoms with Crippen molar-refractivity contribution in [2.45, 2.75) is 20.1 Å². The fraction of sp³-hybridized carbons (Fsp3) is 0.500. The van der Waals surface area contributed by atoms with Gasteiger partial charge in [0.1, 0.15) is 12.4 Å². The summed E-state index contributed by atoms with van der Waals surface area (Å²) >= 11 is 0. The van der Waals surface area contributed by atoms with Gasteiger partial charge >= 0.3 is 35.5 Å². The predicted molar refractivity (Wildman–Crippen MR) is 48.3 cm³/mol. The molecule has 1 atom stereocenters. The Hall–Kier alpha value is -0.430. The molecule has 0 aliphatic rings. The number of rotatable bonds is 2. The van der Waals surface area contributed by atoms with Crippen LogP contribution < -0.4 is 0 Å². The van der Waals surface area contributed by atoms with Gasteiger partial charge in [-0.15, -0.1) is 0 Å². The van der Waals surface area contributed by atoms with Gasteiger partial charge in [-0.05, 0) is 6.92 Å². The maximum absolute atomic E-state index is 9.64. The van der Waals surface area contributed by atoms with Gasteiger partial charge in [-0.25, -0.2) is 4.79 Å². The van der Waals surface area contributed by atoms with Crippen molar-refractivity contribution in [3.8, 4) is 0 Å². The molecule has 3 N–H and O–H groups in total. The Labute approximate surface area is 97.6 Å². The molecule has 0 radical (unpaired) electrons. The number of aliphatic hydroxyl groups is 1. The van der Waals surface area contributed by atoms with Gasteiger partial charge in [-0.1, -0.05) is 0 Å². The zero-order chi connectivity index (χ0) is 10.1. The summed E-state index contributed by atoms with van der Waals surface area (Å²) in [7, 11) is 0. The zero-order valence-electron chi connectivity index (χ0n) is 6.76. The van der Waals surface area contributed by atoms with Crippen LogP contribution >= 0.6 is 0 Å². The van der Waals surface area contributed by atoms with Crippen LogP contribution in [0, 0.1) is 0 Å². The van der Waals surface area contributed by atoms with Gasteiger partial charge < -0.3 is 15.3 Å². The number of aliphatic hydroxyl groups excluding tert-OH is 1. The summed E-state index contributed by atoms with van der Waals surface area (Å²) in [6.07, 6.45) is -0.268. The first-order chi connectivity index (χ1) is 5.36. The van der Waals surface area contributed by atoms with Gasteiger partial charge in [-0.2, -0.15) is 0 Å². The quantitative estimate of drug-likeness (QED) is 0.389. The molecule has 1 unspecified atom stereocenters. The van der Waals surface area contributed by atoms with Crippen molar-refractivity contribution in [1.82, 2.24) is 0 Å². The van der Waals surface area contributed by atoms with E-state index in [4.69, 9.17) is 20.1 Å². The van der Waals surface area contributed by atoms with Crippen LogP contribution in [0.2, 0.25) is 0 Å². The van der Waals surface area contributed by atoms with E-state index in [0.717, 1.165) is 6.92 Å². The van der Waals surface area contributed by atoms with E-state index < -0.39 is 18.2 Å². The molecule has 0 bridgehead atoms. The Morgan fingerprint density at radius 3 is 1.77 bits per heavy atom. The molecular weight excluding hydrogens is 189 g/mol. The van der Waals surface area contributed by atoms with Crippen LogP contribution in [0.5, 0.6) is 0 Å². The van der Waals surface area contributed by atoms with Crippen molar-refractivity contribution in [1.29, 1.82) is 0 Å². The van der Waals surface area contributed by atoms with Crippen molar-refractivity contribution in [3.63, 3.8) is 0 Å². The number of carboxylic acids is 2. The molecule has 0 aliphatic heterocycles. The van der Waals surface area contributed by atoms with Gasteiger partial charge in [0.15, 0.2) is 0 Å². The average molecular weight is 201 g/mol. The van der Waals surface area contributed by atoms with Crippen LogP contribution in [0.25, 0.3) is 0 Å². The van der Waals surface area contributed by atoms with Gasteiger partial charge in [0.05, 0.1) is 0 Å². The summed E-state index contributed by atoms with van der Waals surface area (Å²) in [6, 6.07) is 0. The fourth-order valence-corrected chi connectivity index (χ4v) is 0.172. The minimum atomic E-state index is -1.15. The SMILES string of the molecule is CC(=O)O.CC(O)N=CC(=O)O.[NaH].